The quantitative estimate of drug-likeness (QED) is 0.714. The van der Waals surface area contributed by atoms with Gasteiger partial charge in [0.25, 0.3) is 0 Å². The van der Waals surface area contributed by atoms with Crippen molar-refractivity contribution in [2.75, 3.05) is 13.2 Å². The summed E-state index contributed by atoms with van der Waals surface area (Å²) in [6.45, 7) is 0.637. The van der Waals surface area contributed by atoms with Gasteiger partial charge >= 0.3 is 5.97 Å². The minimum atomic E-state index is -1.23. The molecule has 1 aromatic carbocycles. The number of aliphatic hydroxyl groups excluding tert-OH is 2. The molecule has 82 valence electrons. The highest BCUT2D eigenvalue weighted by molar-refractivity contribution is 5.89. The van der Waals surface area contributed by atoms with Crippen LogP contribution < -0.4 is 0 Å². The van der Waals surface area contributed by atoms with Crippen LogP contribution in [0, 0.1) is 0 Å². The third kappa shape index (κ3) is 3.04. The zero-order valence-corrected chi connectivity index (χ0v) is 8.51. The molecule has 0 heterocycles. The Hall–Kier alpha value is -1.39. The van der Waals surface area contributed by atoms with Crippen molar-refractivity contribution in [3.05, 3.63) is 35.9 Å². The highest BCUT2D eigenvalue weighted by Gasteiger charge is 2.27. The molecule has 0 amide bonds. The van der Waals surface area contributed by atoms with E-state index in [0.717, 1.165) is 0 Å². The lowest BCUT2D eigenvalue weighted by atomic mass is 10.1. The van der Waals surface area contributed by atoms with Gasteiger partial charge in [-0.25, -0.2) is 4.79 Å². The number of carbonyl (C=O) groups excluding carboxylic acids is 1. The molecule has 0 aromatic heterocycles. The lowest BCUT2D eigenvalue weighted by molar-refractivity contribution is -0.0637. The van der Waals surface area contributed by atoms with Crippen LogP contribution in [0.1, 0.15) is 17.3 Å². The van der Waals surface area contributed by atoms with Crippen LogP contribution >= 0.6 is 0 Å². The van der Waals surface area contributed by atoms with E-state index >= 15 is 0 Å². The highest BCUT2D eigenvalue weighted by atomic mass is 16.6. The van der Waals surface area contributed by atoms with Crippen LogP contribution in [0.25, 0.3) is 0 Å². The van der Waals surface area contributed by atoms with E-state index in [1.807, 2.05) is 0 Å². The Morgan fingerprint density at radius 3 is 2.27 bits per heavy atom. The van der Waals surface area contributed by atoms with Crippen LogP contribution in [0.5, 0.6) is 0 Å². The smallest absolute Gasteiger partial charge is 0.338 e. The van der Waals surface area contributed by atoms with Crippen LogP contribution in [0.4, 0.5) is 0 Å². The molecular formula is C11H14O4. The summed E-state index contributed by atoms with van der Waals surface area (Å²) in [6, 6.07) is 8.43. The van der Waals surface area contributed by atoms with Crippen LogP contribution in [-0.2, 0) is 4.74 Å². The molecule has 15 heavy (non-hydrogen) atoms. The lowest BCUT2D eigenvalue weighted by Crippen LogP contribution is -2.39. The van der Waals surface area contributed by atoms with Gasteiger partial charge in [0.05, 0.1) is 18.8 Å². The van der Waals surface area contributed by atoms with E-state index in [4.69, 9.17) is 14.9 Å². The van der Waals surface area contributed by atoms with Gasteiger partial charge in [-0.1, -0.05) is 18.2 Å². The van der Waals surface area contributed by atoms with E-state index < -0.39 is 24.8 Å². The Labute approximate surface area is 88.1 Å². The van der Waals surface area contributed by atoms with Crippen LogP contribution in [0.3, 0.4) is 0 Å². The topological polar surface area (TPSA) is 66.8 Å². The molecule has 0 aliphatic carbocycles. The first-order chi connectivity index (χ1) is 7.11. The van der Waals surface area contributed by atoms with E-state index in [-0.39, 0.29) is 0 Å². The molecule has 1 aromatic rings. The number of aliphatic hydroxyl groups is 2. The minimum absolute atomic E-state index is 0.394. The Morgan fingerprint density at radius 1 is 1.27 bits per heavy atom. The van der Waals surface area contributed by atoms with Crippen molar-refractivity contribution in [1.82, 2.24) is 0 Å². The van der Waals surface area contributed by atoms with Gasteiger partial charge in [-0.3, -0.25) is 0 Å². The van der Waals surface area contributed by atoms with E-state index in [9.17, 15) is 4.79 Å². The maximum atomic E-state index is 11.5. The summed E-state index contributed by atoms with van der Waals surface area (Å²) in [5.41, 5.74) is -0.835. The van der Waals surface area contributed by atoms with Crippen LogP contribution in [0.15, 0.2) is 30.3 Å². The summed E-state index contributed by atoms with van der Waals surface area (Å²) >= 11 is 0. The number of hydrogen-bond donors (Lipinski definition) is 2. The molecule has 0 unspecified atom stereocenters. The Bertz CT molecular complexity index is 317. The molecular weight excluding hydrogens is 196 g/mol. The number of esters is 1. The van der Waals surface area contributed by atoms with E-state index in [1.165, 1.54) is 6.92 Å². The SMILES string of the molecule is CC(CO)(CO)OC(=O)c1ccccc1. The summed E-state index contributed by atoms with van der Waals surface area (Å²) in [6.07, 6.45) is 0. The van der Waals surface area contributed by atoms with Crippen molar-refractivity contribution in [3.63, 3.8) is 0 Å². The Kier molecular flexibility index (Phi) is 3.82. The van der Waals surface area contributed by atoms with Crippen molar-refractivity contribution >= 4 is 5.97 Å². The highest BCUT2D eigenvalue weighted by Crippen LogP contribution is 2.12. The molecule has 0 saturated heterocycles. The second-order valence-electron chi connectivity index (χ2n) is 3.52. The van der Waals surface area contributed by atoms with Crippen LogP contribution in [0.2, 0.25) is 0 Å². The van der Waals surface area contributed by atoms with Crippen molar-refractivity contribution in [2.45, 2.75) is 12.5 Å². The summed E-state index contributed by atoms with van der Waals surface area (Å²) in [4.78, 5) is 11.5. The molecule has 4 heteroatoms. The number of benzene rings is 1. The zero-order chi connectivity index (χ0) is 11.3. The maximum Gasteiger partial charge on any atom is 0.338 e. The first-order valence-electron chi connectivity index (χ1n) is 4.61. The molecule has 0 saturated carbocycles. The molecule has 0 aliphatic rings. The lowest BCUT2D eigenvalue weighted by Gasteiger charge is -2.24. The molecule has 0 aliphatic heterocycles. The van der Waals surface area contributed by atoms with Crippen LogP contribution in [-0.4, -0.2) is 35.0 Å². The third-order valence-corrected chi connectivity index (χ3v) is 2.02. The molecule has 4 nitrogen and oxygen atoms in total. The van der Waals surface area contributed by atoms with Gasteiger partial charge in [-0.15, -0.1) is 0 Å². The number of rotatable bonds is 4. The summed E-state index contributed by atoms with van der Waals surface area (Å²) in [7, 11) is 0. The van der Waals surface area contributed by atoms with Crippen molar-refractivity contribution in [3.8, 4) is 0 Å². The molecule has 0 fully saturated rings. The van der Waals surface area contributed by atoms with Gasteiger partial charge in [0.15, 0.2) is 5.60 Å². The second kappa shape index (κ2) is 4.91. The molecule has 0 atom stereocenters. The summed E-state index contributed by atoms with van der Waals surface area (Å²) in [5.74, 6) is -0.554. The van der Waals surface area contributed by atoms with Crippen molar-refractivity contribution < 1.29 is 19.7 Å². The Morgan fingerprint density at radius 2 is 1.80 bits per heavy atom. The molecule has 2 N–H and O–H groups in total. The third-order valence-electron chi connectivity index (χ3n) is 2.02. The molecule has 0 radical (unpaired) electrons. The van der Waals surface area contributed by atoms with E-state index in [2.05, 4.69) is 0 Å². The first-order valence-corrected chi connectivity index (χ1v) is 4.61. The van der Waals surface area contributed by atoms with E-state index in [0.29, 0.717) is 5.56 Å². The second-order valence-corrected chi connectivity index (χ2v) is 3.52. The van der Waals surface area contributed by atoms with Gasteiger partial charge in [0.2, 0.25) is 0 Å². The fourth-order valence-electron chi connectivity index (χ4n) is 0.972. The predicted octanol–water partition coefficient (Wildman–Crippen LogP) is 0.587. The average molecular weight is 210 g/mol. The fourth-order valence-corrected chi connectivity index (χ4v) is 0.972. The van der Waals surface area contributed by atoms with Gasteiger partial charge in [0, 0.05) is 0 Å². The van der Waals surface area contributed by atoms with Gasteiger partial charge in [-0.05, 0) is 19.1 Å². The Balaban J connectivity index is 2.72. The largest absolute Gasteiger partial charge is 0.451 e. The number of ether oxygens (including phenoxy) is 1. The number of carbonyl (C=O) groups is 1. The number of hydrogen-bond acceptors (Lipinski definition) is 4. The minimum Gasteiger partial charge on any atom is -0.451 e. The van der Waals surface area contributed by atoms with Crippen molar-refractivity contribution in [1.29, 1.82) is 0 Å². The fraction of sp³-hybridized carbons (Fsp3) is 0.364. The van der Waals surface area contributed by atoms with Crippen molar-refractivity contribution in [2.24, 2.45) is 0 Å². The summed E-state index contributed by atoms with van der Waals surface area (Å²) in [5, 5.41) is 17.9. The predicted molar refractivity (Wildman–Crippen MR) is 54.4 cm³/mol. The first kappa shape index (κ1) is 11.7. The molecule has 0 spiro atoms. The molecule has 0 bridgehead atoms. The standard InChI is InChI=1S/C11H14O4/c1-11(7-12,8-13)15-10(14)9-5-3-2-4-6-9/h2-6,12-13H,7-8H2,1H3. The van der Waals surface area contributed by atoms with E-state index in [1.54, 1.807) is 30.3 Å². The maximum absolute atomic E-state index is 11.5. The monoisotopic (exact) mass is 210 g/mol. The van der Waals surface area contributed by atoms with Gasteiger partial charge < -0.3 is 14.9 Å². The zero-order valence-electron chi connectivity index (χ0n) is 8.51. The summed E-state index contributed by atoms with van der Waals surface area (Å²) < 4.78 is 4.98. The molecule has 1 rings (SSSR count). The van der Waals surface area contributed by atoms with Gasteiger partial charge in [0.1, 0.15) is 0 Å². The average Bonchev–Trinajstić information content (AvgIpc) is 2.30. The van der Waals surface area contributed by atoms with Gasteiger partial charge in [-0.2, -0.15) is 0 Å². The normalized spacial score (nSPS) is 11.1.